The van der Waals surface area contributed by atoms with Crippen LogP contribution >= 0.6 is 0 Å². The molecule has 0 atom stereocenters. The molecule has 4 fully saturated rings. The Kier molecular flexibility index (Phi) is 2.76. The van der Waals surface area contributed by atoms with Gasteiger partial charge in [0.05, 0.1) is 0 Å². The first-order valence-corrected chi connectivity index (χ1v) is 7.11. The molecule has 0 saturated heterocycles. The molecule has 4 aliphatic carbocycles. The number of aliphatic carboxylic acids is 1. The number of hydrogen-bond acceptors (Lipinski definition) is 1. The third-order valence-electron chi connectivity index (χ3n) is 5.35. The molecule has 0 unspecified atom stereocenters. The zero-order valence-corrected chi connectivity index (χ0v) is 10.6. The zero-order chi connectivity index (χ0) is 12.0. The van der Waals surface area contributed by atoms with Crippen LogP contribution in [0.3, 0.4) is 0 Å². The molecule has 0 aromatic rings. The van der Waals surface area contributed by atoms with E-state index in [9.17, 15) is 4.79 Å². The average Bonchev–Trinajstić information content (AvgIpc) is 2.27. The summed E-state index contributed by atoms with van der Waals surface area (Å²) in [5.74, 6) is 3.41. The number of carboxylic acid groups (broad SMARTS) is 1. The van der Waals surface area contributed by atoms with Crippen molar-refractivity contribution < 1.29 is 9.90 Å². The Morgan fingerprint density at radius 3 is 2.06 bits per heavy atom. The molecule has 4 aliphatic rings. The third-order valence-corrected chi connectivity index (χ3v) is 5.35. The smallest absolute Gasteiger partial charge is 0.331 e. The van der Waals surface area contributed by atoms with Gasteiger partial charge < -0.3 is 5.11 Å². The molecule has 17 heavy (non-hydrogen) atoms. The Bertz CT molecular complexity index is 328. The maximum absolute atomic E-state index is 11.1. The highest BCUT2D eigenvalue weighted by Crippen LogP contribution is 2.57. The number of rotatable bonds is 3. The molecule has 4 saturated carbocycles. The van der Waals surface area contributed by atoms with E-state index >= 15 is 0 Å². The van der Waals surface area contributed by atoms with Crippen molar-refractivity contribution >= 4 is 5.97 Å². The SMILES string of the molecule is CCC(=CC1C2CC3CC(C2)CC1C3)C(=O)O. The van der Waals surface area contributed by atoms with Crippen LogP contribution in [0.15, 0.2) is 11.6 Å². The van der Waals surface area contributed by atoms with E-state index < -0.39 is 5.97 Å². The van der Waals surface area contributed by atoms with E-state index in [1.54, 1.807) is 0 Å². The van der Waals surface area contributed by atoms with Gasteiger partial charge in [0.25, 0.3) is 0 Å². The maximum atomic E-state index is 11.1. The molecule has 0 amide bonds. The molecule has 0 radical (unpaired) electrons. The van der Waals surface area contributed by atoms with Crippen molar-refractivity contribution in [1.29, 1.82) is 0 Å². The van der Waals surface area contributed by atoms with Crippen molar-refractivity contribution in [2.75, 3.05) is 0 Å². The minimum absolute atomic E-state index is 0.578. The Balaban J connectivity index is 1.82. The lowest BCUT2D eigenvalue weighted by atomic mass is 9.52. The van der Waals surface area contributed by atoms with Gasteiger partial charge in [-0.1, -0.05) is 13.0 Å². The standard InChI is InChI=1S/C15H22O2/c1-2-11(15(16)17)8-14-12-4-9-3-10(6-12)7-13(14)5-9/h8-10,12-14H,2-7H2,1H3,(H,16,17). The predicted octanol–water partition coefficient (Wildman–Crippen LogP) is 3.48. The van der Waals surface area contributed by atoms with Crippen LogP contribution in [-0.2, 0) is 4.79 Å². The first-order valence-electron chi connectivity index (χ1n) is 7.11. The molecule has 2 nitrogen and oxygen atoms in total. The van der Waals surface area contributed by atoms with Gasteiger partial charge in [-0.15, -0.1) is 0 Å². The van der Waals surface area contributed by atoms with Crippen LogP contribution < -0.4 is 0 Å². The van der Waals surface area contributed by atoms with Gasteiger partial charge in [0.15, 0.2) is 0 Å². The van der Waals surface area contributed by atoms with Gasteiger partial charge in [0.2, 0.25) is 0 Å². The lowest BCUT2D eigenvalue weighted by Crippen LogP contribution is -2.44. The van der Waals surface area contributed by atoms with E-state index in [2.05, 4.69) is 6.08 Å². The summed E-state index contributed by atoms with van der Waals surface area (Å²) in [5.41, 5.74) is 0.641. The first kappa shape index (κ1) is 11.3. The lowest BCUT2D eigenvalue weighted by Gasteiger charge is -2.53. The summed E-state index contributed by atoms with van der Waals surface area (Å²) in [5, 5.41) is 9.16. The highest BCUT2D eigenvalue weighted by molar-refractivity contribution is 5.86. The van der Waals surface area contributed by atoms with Crippen molar-refractivity contribution in [3.8, 4) is 0 Å². The van der Waals surface area contributed by atoms with E-state index in [0.717, 1.165) is 23.7 Å². The summed E-state index contributed by atoms with van der Waals surface area (Å²) in [6.45, 7) is 1.95. The van der Waals surface area contributed by atoms with Crippen LogP contribution in [0.1, 0.15) is 45.4 Å². The maximum Gasteiger partial charge on any atom is 0.331 e. The van der Waals surface area contributed by atoms with Crippen molar-refractivity contribution in [3.05, 3.63) is 11.6 Å². The van der Waals surface area contributed by atoms with Crippen molar-refractivity contribution in [3.63, 3.8) is 0 Å². The number of carboxylic acids is 1. The Morgan fingerprint density at radius 2 is 1.65 bits per heavy atom. The van der Waals surface area contributed by atoms with Gasteiger partial charge in [0.1, 0.15) is 0 Å². The van der Waals surface area contributed by atoms with Crippen molar-refractivity contribution in [1.82, 2.24) is 0 Å². The summed E-state index contributed by atoms with van der Waals surface area (Å²) in [6, 6.07) is 0. The van der Waals surface area contributed by atoms with Gasteiger partial charge >= 0.3 is 5.97 Å². The van der Waals surface area contributed by atoms with E-state index in [0.29, 0.717) is 17.9 Å². The Morgan fingerprint density at radius 1 is 1.12 bits per heavy atom. The molecule has 4 bridgehead atoms. The molecule has 1 N–H and O–H groups in total. The molecule has 0 aromatic heterocycles. The van der Waals surface area contributed by atoms with E-state index in [-0.39, 0.29) is 0 Å². The number of allylic oxidation sites excluding steroid dienone is 1. The fourth-order valence-electron chi connectivity index (χ4n) is 4.81. The first-order chi connectivity index (χ1) is 8.17. The summed E-state index contributed by atoms with van der Waals surface area (Å²) >= 11 is 0. The van der Waals surface area contributed by atoms with E-state index in [4.69, 9.17) is 5.11 Å². The van der Waals surface area contributed by atoms with Gasteiger partial charge in [-0.2, -0.15) is 0 Å². The minimum atomic E-state index is -0.707. The largest absolute Gasteiger partial charge is 0.478 e. The van der Waals surface area contributed by atoms with Crippen LogP contribution in [-0.4, -0.2) is 11.1 Å². The van der Waals surface area contributed by atoms with Crippen LogP contribution in [0.25, 0.3) is 0 Å². The molecule has 4 rings (SSSR count). The van der Waals surface area contributed by atoms with Gasteiger partial charge in [-0.3, -0.25) is 0 Å². The number of hydrogen-bond donors (Lipinski definition) is 1. The Hall–Kier alpha value is -0.790. The quantitative estimate of drug-likeness (QED) is 0.759. The summed E-state index contributed by atoms with van der Waals surface area (Å²) < 4.78 is 0. The second-order valence-corrected chi connectivity index (χ2v) is 6.36. The highest BCUT2D eigenvalue weighted by atomic mass is 16.4. The molecule has 0 aromatic carbocycles. The van der Waals surface area contributed by atoms with Crippen LogP contribution in [0.4, 0.5) is 0 Å². The Labute approximate surface area is 103 Å². The van der Waals surface area contributed by atoms with Gasteiger partial charge in [-0.25, -0.2) is 4.79 Å². The summed E-state index contributed by atoms with van der Waals surface area (Å²) in [6.07, 6.45) is 9.71. The lowest BCUT2D eigenvalue weighted by molar-refractivity contribution is -0.132. The van der Waals surface area contributed by atoms with Gasteiger partial charge in [0, 0.05) is 5.57 Å². The van der Waals surface area contributed by atoms with Crippen molar-refractivity contribution in [2.45, 2.75) is 45.4 Å². The van der Waals surface area contributed by atoms with Crippen molar-refractivity contribution in [2.24, 2.45) is 29.6 Å². The topological polar surface area (TPSA) is 37.3 Å². The zero-order valence-electron chi connectivity index (χ0n) is 10.6. The predicted molar refractivity (Wildman–Crippen MR) is 66.5 cm³/mol. The fourth-order valence-corrected chi connectivity index (χ4v) is 4.81. The third kappa shape index (κ3) is 1.92. The highest BCUT2D eigenvalue weighted by Gasteiger charge is 2.47. The van der Waals surface area contributed by atoms with Gasteiger partial charge in [-0.05, 0) is 68.1 Å². The molecule has 0 spiro atoms. The molecular weight excluding hydrogens is 212 g/mol. The molecule has 94 valence electrons. The number of carbonyl (C=O) groups is 1. The molecule has 0 aliphatic heterocycles. The molecular formula is C15H22O2. The minimum Gasteiger partial charge on any atom is -0.478 e. The second-order valence-electron chi connectivity index (χ2n) is 6.36. The van der Waals surface area contributed by atoms with Crippen LogP contribution in [0.5, 0.6) is 0 Å². The summed E-state index contributed by atoms with van der Waals surface area (Å²) in [4.78, 5) is 11.1. The van der Waals surface area contributed by atoms with E-state index in [1.807, 2.05) is 6.92 Å². The average molecular weight is 234 g/mol. The molecule has 0 heterocycles. The summed E-state index contributed by atoms with van der Waals surface area (Å²) in [7, 11) is 0. The molecule has 2 heteroatoms. The fraction of sp³-hybridized carbons (Fsp3) is 0.800. The van der Waals surface area contributed by atoms with E-state index in [1.165, 1.54) is 32.1 Å². The monoisotopic (exact) mass is 234 g/mol. The van der Waals surface area contributed by atoms with Crippen LogP contribution in [0, 0.1) is 29.6 Å². The normalized spacial score (nSPS) is 44.1. The second kappa shape index (κ2) is 4.15. The van der Waals surface area contributed by atoms with Crippen LogP contribution in [0.2, 0.25) is 0 Å².